The third kappa shape index (κ3) is 4.45. The van der Waals surface area contributed by atoms with E-state index in [0.717, 1.165) is 15.7 Å². The van der Waals surface area contributed by atoms with Gasteiger partial charge in [-0.1, -0.05) is 52.9 Å². The number of carbonyl (C=O) groups excluding carboxylic acids is 1. The Kier molecular flexibility index (Phi) is 5.68. The van der Waals surface area contributed by atoms with Gasteiger partial charge >= 0.3 is 0 Å². The molecule has 122 valence electrons. The van der Waals surface area contributed by atoms with E-state index in [1.165, 1.54) is 23.1 Å². The number of thioether (sulfide) groups is 1. The number of nitrogens with zero attached hydrogens (tertiary/aromatic N) is 2. The van der Waals surface area contributed by atoms with Gasteiger partial charge in [0.2, 0.25) is 5.91 Å². The first-order valence-corrected chi connectivity index (χ1v) is 9.54. The van der Waals surface area contributed by atoms with Crippen molar-refractivity contribution in [3.05, 3.63) is 63.6 Å². The standard InChI is InChI=1S/C16H12ClN3OS3/c17-11-6-8-13(9-7-11)20-16(22)24-15(19-20)23-10-14(21)18-12-4-2-1-3-5-12/h1-9H,10H2,(H,18,21). The van der Waals surface area contributed by atoms with Crippen LogP contribution in [-0.2, 0) is 4.79 Å². The SMILES string of the molecule is O=C(CSc1nn(-c2ccc(Cl)cc2)c(=S)s1)Nc1ccccc1. The first-order valence-electron chi connectivity index (χ1n) is 6.95. The first-order chi connectivity index (χ1) is 11.6. The highest BCUT2D eigenvalue weighted by Gasteiger charge is 2.09. The molecule has 0 radical (unpaired) electrons. The molecule has 0 saturated carbocycles. The molecule has 2 aromatic carbocycles. The highest BCUT2D eigenvalue weighted by atomic mass is 35.5. The van der Waals surface area contributed by atoms with Crippen LogP contribution in [0.5, 0.6) is 0 Å². The summed E-state index contributed by atoms with van der Waals surface area (Å²) in [6.07, 6.45) is 0. The number of hydrogen-bond acceptors (Lipinski definition) is 5. The van der Waals surface area contributed by atoms with Gasteiger partial charge in [-0.05, 0) is 48.6 Å². The summed E-state index contributed by atoms with van der Waals surface area (Å²) in [5.41, 5.74) is 1.63. The number of benzene rings is 2. The number of aromatic nitrogens is 2. The van der Waals surface area contributed by atoms with Crippen molar-refractivity contribution < 1.29 is 4.79 Å². The summed E-state index contributed by atoms with van der Waals surface area (Å²) in [6, 6.07) is 16.6. The van der Waals surface area contributed by atoms with Crippen LogP contribution in [0.15, 0.2) is 58.9 Å². The minimum atomic E-state index is -0.0784. The number of nitrogens with one attached hydrogen (secondary N) is 1. The summed E-state index contributed by atoms with van der Waals surface area (Å²) in [5.74, 6) is 0.197. The third-order valence-corrected chi connectivity index (χ3v) is 5.60. The van der Waals surface area contributed by atoms with Gasteiger partial charge in [0.15, 0.2) is 8.29 Å². The van der Waals surface area contributed by atoms with Gasteiger partial charge in [-0.2, -0.15) is 0 Å². The molecule has 1 N–H and O–H groups in total. The zero-order chi connectivity index (χ0) is 16.9. The molecule has 0 unspecified atom stereocenters. The Morgan fingerprint density at radius 1 is 1.21 bits per heavy atom. The van der Waals surface area contributed by atoms with E-state index in [1.807, 2.05) is 42.5 Å². The third-order valence-electron chi connectivity index (χ3n) is 2.98. The van der Waals surface area contributed by atoms with Gasteiger partial charge in [0.1, 0.15) is 0 Å². The van der Waals surface area contributed by atoms with Gasteiger partial charge in [-0.3, -0.25) is 4.79 Å². The van der Waals surface area contributed by atoms with Crippen LogP contribution in [0.3, 0.4) is 0 Å². The molecule has 0 aliphatic heterocycles. The predicted molar refractivity (Wildman–Crippen MR) is 103 cm³/mol. The Hall–Kier alpha value is -1.67. The molecule has 0 atom stereocenters. The van der Waals surface area contributed by atoms with E-state index >= 15 is 0 Å². The second-order valence-electron chi connectivity index (χ2n) is 4.72. The second kappa shape index (κ2) is 7.94. The molecule has 1 amide bonds. The van der Waals surface area contributed by atoms with Gasteiger partial charge in [-0.15, -0.1) is 5.10 Å². The second-order valence-corrected chi connectivity index (χ2v) is 8.01. The van der Waals surface area contributed by atoms with E-state index in [9.17, 15) is 4.79 Å². The molecule has 8 heteroatoms. The Balaban J connectivity index is 1.64. The molecule has 0 saturated heterocycles. The van der Waals surface area contributed by atoms with Crippen LogP contribution in [0.4, 0.5) is 5.69 Å². The lowest BCUT2D eigenvalue weighted by Crippen LogP contribution is -2.13. The van der Waals surface area contributed by atoms with E-state index in [0.29, 0.717) is 8.98 Å². The molecule has 1 heterocycles. The summed E-state index contributed by atoms with van der Waals surface area (Å²) >= 11 is 14.0. The maximum atomic E-state index is 12.0. The normalized spacial score (nSPS) is 10.5. The molecular weight excluding hydrogens is 382 g/mol. The Bertz CT molecular complexity index is 891. The molecule has 3 rings (SSSR count). The van der Waals surface area contributed by atoms with Gasteiger partial charge in [-0.25, -0.2) is 4.68 Å². The summed E-state index contributed by atoms with van der Waals surface area (Å²) < 4.78 is 3.05. The topological polar surface area (TPSA) is 46.9 Å². The van der Waals surface area contributed by atoms with Crippen LogP contribution >= 0.6 is 46.9 Å². The molecule has 0 fully saturated rings. The van der Waals surface area contributed by atoms with Crippen molar-refractivity contribution in [2.45, 2.75) is 4.34 Å². The monoisotopic (exact) mass is 393 g/mol. The largest absolute Gasteiger partial charge is 0.325 e. The van der Waals surface area contributed by atoms with Crippen molar-refractivity contribution in [1.29, 1.82) is 0 Å². The molecule has 0 aliphatic rings. The lowest BCUT2D eigenvalue weighted by Gasteiger charge is -2.03. The van der Waals surface area contributed by atoms with Crippen LogP contribution < -0.4 is 5.32 Å². The zero-order valence-electron chi connectivity index (χ0n) is 12.3. The smallest absolute Gasteiger partial charge is 0.234 e. The van der Waals surface area contributed by atoms with E-state index in [4.69, 9.17) is 23.8 Å². The number of rotatable bonds is 5. The fourth-order valence-corrected chi connectivity index (χ4v) is 4.20. The summed E-state index contributed by atoms with van der Waals surface area (Å²) in [4.78, 5) is 12.0. The van der Waals surface area contributed by atoms with Gasteiger partial charge < -0.3 is 5.32 Å². The maximum absolute atomic E-state index is 12.0. The van der Waals surface area contributed by atoms with Crippen molar-refractivity contribution in [3.63, 3.8) is 0 Å². The van der Waals surface area contributed by atoms with Crippen molar-refractivity contribution in [2.75, 3.05) is 11.1 Å². The Labute approximate surface area is 157 Å². The summed E-state index contributed by atoms with van der Waals surface area (Å²) in [6.45, 7) is 0. The average molecular weight is 394 g/mol. The average Bonchev–Trinajstić information content (AvgIpc) is 2.95. The van der Waals surface area contributed by atoms with Crippen LogP contribution in [0.1, 0.15) is 0 Å². The predicted octanol–water partition coefficient (Wildman–Crippen LogP) is 5.05. The number of hydrogen-bond donors (Lipinski definition) is 1. The fraction of sp³-hybridized carbons (Fsp3) is 0.0625. The van der Waals surface area contributed by atoms with Gasteiger partial charge in [0.05, 0.1) is 11.4 Å². The van der Waals surface area contributed by atoms with Crippen molar-refractivity contribution >= 4 is 58.5 Å². The lowest BCUT2D eigenvalue weighted by molar-refractivity contribution is -0.113. The van der Waals surface area contributed by atoms with Crippen molar-refractivity contribution in [2.24, 2.45) is 0 Å². The van der Waals surface area contributed by atoms with Crippen LogP contribution in [0.2, 0.25) is 5.02 Å². The van der Waals surface area contributed by atoms with Crippen LogP contribution in [0, 0.1) is 3.95 Å². The Morgan fingerprint density at radius 2 is 1.92 bits per heavy atom. The van der Waals surface area contributed by atoms with Crippen molar-refractivity contribution in [3.8, 4) is 5.69 Å². The van der Waals surface area contributed by atoms with Gasteiger partial charge in [0.25, 0.3) is 0 Å². The first kappa shape index (κ1) is 17.2. The van der Waals surface area contributed by atoms with Crippen LogP contribution in [-0.4, -0.2) is 21.4 Å². The molecule has 24 heavy (non-hydrogen) atoms. The fourth-order valence-electron chi connectivity index (χ4n) is 1.91. The van der Waals surface area contributed by atoms with E-state index in [-0.39, 0.29) is 11.7 Å². The quantitative estimate of drug-likeness (QED) is 0.486. The minimum Gasteiger partial charge on any atom is -0.325 e. The number of anilines is 1. The highest BCUT2D eigenvalue weighted by Crippen LogP contribution is 2.24. The number of carbonyl (C=O) groups is 1. The van der Waals surface area contributed by atoms with E-state index < -0.39 is 0 Å². The number of amides is 1. The van der Waals surface area contributed by atoms with E-state index in [2.05, 4.69) is 10.4 Å². The van der Waals surface area contributed by atoms with Gasteiger partial charge in [0, 0.05) is 10.7 Å². The molecule has 1 aromatic heterocycles. The highest BCUT2D eigenvalue weighted by molar-refractivity contribution is 8.01. The number of halogens is 1. The minimum absolute atomic E-state index is 0.0784. The molecule has 0 aliphatic carbocycles. The molecule has 0 spiro atoms. The van der Waals surface area contributed by atoms with Crippen molar-refractivity contribution in [1.82, 2.24) is 9.78 Å². The molecule has 3 aromatic rings. The molecule has 4 nitrogen and oxygen atoms in total. The molecular formula is C16H12ClN3OS3. The summed E-state index contributed by atoms with van der Waals surface area (Å²) in [7, 11) is 0. The Morgan fingerprint density at radius 3 is 2.62 bits per heavy atom. The van der Waals surface area contributed by atoms with E-state index in [1.54, 1.807) is 16.8 Å². The maximum Gasteiger partial charge on any atom is 0.234 e. The number of para-hydroxylation sites is 1. The molecule has 0 bridgehead atoms. The lowest BCUT2D eigenvalue weighted by atomic mass is 10.3. The van der Waals surface area contributed by atoms with Crippen LogP contribution in [0.25, 0.3) is 5.69 Å². The summed E-state index contributed by atoms with van der Waals surface area (Å²) in [5, 5.41) is 7.96. The zero-order valence-corrected chi connectivity index (χ0v) is 15.5.